The largest absolute Gasteiger partial charge is 0.354 e. The van der Waals surface area contributed by atoms with E-state index in [1.807, 2.05) is 19.2 Å². The maximum atomic E-state index is 12.2. The normalized spacial score (nSPS) is 23.0. The van der Waals surface area contributed by atoms with Gasteiger partial charge in [0.25, 0.3) is 0 Å². The van der Waals surface area contributed by atoms with E-state index in [9.17, 15) is 4.79 Å². The minimum Gasteiger partial charge on any atom is -0.354 e. The van der Waals surface area contributed by atoms with E-state index in [1.165, 1.54) is 12.8 Å². The first kappa shape index (κ1) is 19.8. The molecule has 3 rings (SSSR count). The van der Waals surface area contributed by atoms with Gasteiger partial charge in [0, 0.05) is 52.0 Å². The van der Waals surface area contributed by atoms with Gasteiger partial charge in [-0.1, -0.05) is 12.1 Å². The van der Waals surface area contributed by atoms with Crippen molar-refractivity contribution in [3.8, 4) is 0 Å². The number of carbonyl (C=O) groups is 1. The summed E-state index contributed by atoms with van der Waals surface area (Å²) in [5, 5.41) is 2.93. The number of pyridine rings is 1. The number of hydrogen-bond acceptors (Lipinski definition) is 5. The van der Waals surface area contributed by atoms with Crippen molar-refractivity contribution >= 4 is 11.7 Å². The van der Waals surface area contributed by atoms with Crippen molar-refractivity contribution in [3.63, 3.8) is 0 Å². The van der Waals surface area contributed by atoms with Crippen LogP contribution >= 0.6 is 0 Å². The van der Waals surface area contributed by atoms with Crippen molar-refractivity contribution in [1.29, 1.82) is 0 Å². The lowest BCUT2D eigenvalue weighted by Crippen LogP contribution is -2.52. The average Bonchev–Trinajstić information content (AvgIpc) is 2.73. The van der Waals surface area contributed by atoms with Crippen LogP contribution in [0.15, 0.2) is 37.1 Å². The first-order valence-electron chi connectivity index (χ1n) is 10.2. The van der Waals surface area contributed by atoms with E-state index in [-0.39, 0.29) is 11.9 Å². The fraction of sp³-hybridized carbons (Fsp3) is 0.619. The lowest BCUT2D eigenvalue weighted by molar-refractivity contribution is -0.126. The molecule has 2 fully saturated rings. The van der Waals surface area contributed by atoms with Gasteiger partial charge in [0.2, 0.25) is 5.91 Å². The van der Waals surface area contributed by atoms with Crippen molar-refractivity contribution in [3.05, 3.63) is 37.1 Å². The zero-order valence-corrected chi connectivity index (χ0v) is 16.5. The molecular formula is C21H33N5O. The highest BCUT2D eigenvalue weighted by Crippen LogP contribution is 2.21. The number of amides is 1. The van der Waals surface area contributed by atoms with Crippen LogP contribution in [0.25, 0.3) is 0 Å². The lowest BCUT2D eigenvalue weighted by Gasteiger charge is -2.40. The molecule has 2 aliphatic heterocycles. The number of likely N-dealkylation sites (tertiary alicyclic amines) is 1. The standard InChI is InChI=1S/C21H33N5O/c1-3-9-23-21(27)18(2)26-11-6-7-19(17-26)16-24-12-14-25(15-13-24)20-8-4-5-10-22-20/h3-5,8,10,18-19H,1,6-7,9,11-17H2,2H3,(H,23,27)/t18-,19+/m1/s1. The summed E-state index contributed by atoms with van der Waals surface area (Å²) in [6.07, 6.45) is 6.04. The Labute approximate surface area is 163 Å². The van der Waals surface area contributed by atoms with Crippen molar-refractivity contribution in [2.75, 3.05) is 57.3 Å². The molecule has 1 N–H and O–H groups in total. The zero-order valence-electron chi connectivity index (χ0n) is 16.5. The maximum absolute atomic E-state index is 12.2. The van der Waals surface area contributed by atoms with Crippen LogP contribution < -0.4 is 10.2 Å². The molecule has 1 aromatic rings. The topological polar surface area (TPSA) is 51.7 Å². The maximum Gasteiger partial charge on any atom is 0.237 e. The van der Waals surface area contributed by atoms with E-state index in [0.717, 1.165) is 51.6 Å². The predicted octanol–water partition coefficient (Wildman–Crippen LogP) is 1.61. The molecule has 148 valence electrons. The number of anilines is 1. The minimum atomic E-state index is -0.0613. The summed E-state index contributed by atoms with van der Waals surface area (Å²) in [6.45, 7) is 13.6. The summed E-state index contributed by atoms with van der Waals surface area (Å²) in [5.74, 6) is 1.84. The summed E-state index contributed by atoms with van der Waals surface area (Å²) in [5.41, 5.74) is 0. The molecule has 1 aromatic heterocycles. The predicted molar refractivity (Wildman–Crippen MR) is 110 cm³/mol. The fourth-order valence-electron chi connectivity index (χ4n) is 4.15. The van der Waals surface area contributed by atoms with Crippen LogP contribution in [0.5, 0.6) is 0 Å². The number of piperazine rings is 1. The second-order valence-electron chi connectivity index (χ2n) is 7.69. The molecule has 0 radical (unpaired) electrons. The molecule has 2 atom stereocenters. The first-order chi connectivity index (χ1) is 13.2. The van der Waals surface area contributed by atoms with Crippen LogP contribution in [0.2, 0.25) is 0 Å². The fourth-order valence-corrected chi connectivity index (χ4v) is 4.15. The Balaban J connectivity index is 1.44. The minimum absolute atomic E-state index is 0.0613. The summed E-state index contributed by atoms with van der Waals surface area (Å²) in [7, 11) is 0. The van der Waals surface area contributed by atoms with E-state index in [2.05, 4.69) is 43.7 Å². The first-order valence-corrected chi connectivity index (χ1v) is 10.2. The highest BCUT2D eigenvalue weighted by atomic mass is 16.2. The van der Waals surface area contributed by atoms with Gasteiger partial charge in [-0.25, -0.2) is 4.98 Å². The second-order valence-corrected chi connectivity index (χ2v) is 7.69. The Kier molecular flexibility index (Phi) is 7.24. The van der Waals surface area contributed by atoms with Crippen molar-refractivity contribution < 1.29 is 4.79 Å². The summed E-state index contributed by atoms with van der Waals surface area (Å²) in [4.78, 5) is 24.0. The Morgan fingerprint density at radius 2 is 2.15 bits per heavy atom. The van der Waals surface area contributed by atoms with Gasteiger partial charge < -0.3 is 10.2 Å². The number of nitrogens with zero attached hydrogens (tertiary/aromatic N) is 4. The number of rotatable bonds is 7. The van der Waals surface area contributed by atoms with Gasteiger partial charge in [0.05, 0.1) is 6.04 Å². The number of carbonyl (C=O) groups excluding carboxylic acids is 1. The van der Waals surface area contributed by atoms with E-state index in [4.69, 9.17) is 0 Å². The summed E-state index contributed by atoms with van der Waals surface area (Å²) < 4.78 is 0. The van der Waals surface area contributed by atoms with Crippen LogP contribution in [-0.4, -0.2) is 79.1 Å². The molecule has 0 spiro atoms. The lowest BCUT2D eigenvalue weighted by atomic mass is 9.95. The van der Waals surface area contributed by atoms with Crippen molar-refractivity contribution in [2.45, 2.75) is 25.8 Å². The third-order valence-electron chi connectivity index (χ3n) is 5.76. The molecule has 6 heteroatoms. The van der Waals surface area contributed by atoms with Gasteiger partial charge in [-0.3, -0.25) is 14.6 Å². The van der Waals surface area contributed by atoms with E-state index >= 15 is 0 Å². The third-order valence-corrected chi connectivity index (χ3v) is 5.76. The quantitative estimate of drug-likeness (QED) is 0.738. The Hall–Kier alpha value is -1.92. The van der Waals surface area contributed by atoms with Crippen LogP contribution in [0.4, 0.5) is 5.82 Å². The molecule has 0 aromatic carbocycles. The van der Waals surface area contributed by atoms with Gasteiger partial charge in [0.1, 0.15) is 5.82 Å². The second kappa shape index (κ2) is 9.85. The highest BCUT2D eigenvalue weighted by molar-refractivity contribution is 5.81. The Morgan fingerprint density at radius 3 is 2.85 bits per heavy atom. The van der Waals surface area contributed by atoms with E-state index in [0.29, 0.717) is 12.5 Å². The molecule has 2 saturated heterocycles. The molecule has 1 amide bonds. The van der Waals surface area contributed by atoms with Gasteiger partial charge in [-0.2, -0.15) is 0 Å². The molecule has 3 heterocycles. The summed E-state index contributed by atoms with van der Waals surface area (Å²) in [6, 6.07) is 6.05. The highest BCUT2D eigenvalue weighted by Gasteiger charge is 2.29. The Bertz CT molecular complexity index is 600. The van der Waals surface area contributed by atoms with Gasteiger partial charge >= 0.3 is 0 Å². The molecule has 0 bridgehead atoms. The number of aromatic nitrogens is 1. The zero-order chi connectivity index (χ0) is 19.1. The van der Waals surface area contributed by atoms with E-state index in [1.54, 1.807) is 6.08 Å². The molecule has 0 unspecified atom stereocenters. The van der Waals surface area contributed by atoms with Crippen LogP contribution in [0.1, 0.15) is 19.8 Å². The summed E-state index contributed by atoms with van der Waals surface area (Å²) >= 11 is 0. The number of nitrogens with one attached hydrogen (secondary N) is 1. The van der Waals surface area contributed by atoms with Crippen LogP contribution in [0, 0.1) is 5.92 Å². The smallest absolute Gasteiger partial charge is 0.237 e. The number of hydrogen-bond donors (Lipinski definition) is 1. The molecule has 27 heavy (non-hydrogen) atoms. The Morgan fingerprint density at radius 1 is 1.33 bits per heavy atom. The monoisotopic (exact) mass is 371 g/mol. The van der Waals surface area contributed by atoms with Gasteiger partial charge in [0.15, 0.2) is 0 Å². The average molecular weight is 372 g/mol. The van der Waals surface area contributed by atoms with Crippen molar-refractivity contribution in [2.24, 2.45) is 5.92 Å². The van der Waals surface area contributed by atoms with Crippen molar-refractivity contribution in [1.82, 2.24) is 20.1 Å². The van der Waals surface area contributed by atoms with Gasteiger partial charge in [-0.05, 0) is 44.4 Å². The SMILES string of the molecule is C=CCNC(=O)[C@@H](C)N1CCC[C@@H](CN2CCN(c3ccccn3)CC2)C1. The van der Waals surface area contributed by atoms with Gasteiger partial charge in [-0.15, -0.1) is 6.58 Å². The molecule has 0 aliphatic carbocycles. The van der Waals surface area contributed by atoms with E-state index < -0.39 is 0 Å². The molecule has 0 saturated carbocycles. The van der Waals surface area contributed by atoms with Crippen LogP contribution in [-0.2, 0) is 4.79 Å². The molecule has 6 nitrogen and oxygen atoms in total. The molecular weight excluding hydrogens is 338 g/mol. The third kappa shape index (κ3) is 5.53. The van der Waals surface area contributed by atoms with Crippen LogP contribution in [0.3, 0.4) is 0 Å². The molecule has 2 aliphatic rings. The number of piperidine rings is 1.